The molecule has 0 spiro atoms. The molecule has 0 amide bonds. The molecule has 0 aromatic carbocycles. The van der Waals surface area contributed by atoms with Crippen LogP contribution in [0.15, 0.2) is 0 Å². The predicted molar refractivity (Wildman–Crippen MR) is 164 cm³/mol. The number of hydrogen-bond donors (Lipinski definition) is 7. The van der Waals surface area contributed by atoms with E-state index >= 15 is 0 Å². The highest BCUT2D eigenvalue weighted by atomic mass is 16.7. The normalized spacial score (nSPS) is 33.1. The second-order valence-corrected chi connectivity index (χ2v) is 12.7. The Morgan fingerprint density at radius 2 is 1.37 bits per heavy atom. The van der Waals surface area contributed by atoms with Gasteiger partial charge in [-0.2, -0.15) is 0 Å². The number of unbranched alkanes of at least 4 members (excludes halogenated alkanes) is 8. The van der Waals surface area contributed by atoms with Crippen LogP contribution in [-0.4, -0.2) is 142 Å². The van der Waals surface area contributed by atoms with E-state index in [4.69, 9.17) is 28.4 Å². The fraction of sp³-hybridized carbons (Fsp3) is 0.969. The highest BCUT2D eigenvalue weighted by Gasteiger charge is 2.51. The Balaban J connectivity index is 1.69. The minimum atomic E-state index is -1.80. The van der Waals surface area contributed by atoms with E-state index in [9.17, 15) is 40.5 Å². The molecular formula is C32H60O14. The van der Waals surface area contributed by atoms with Crippen LogP contribution in [0.4, 0.5) is 0 Å². The smallest absolute Gasteiger partial charge is 0.302 e. The number of ether oxygens (including phenoxy) is 6. The van der Waals surface area contributed by atoms with E-state index in [1.165, 1.54) is 51.4 Å². The number of aliphatic hydroxyl groups is 7. The summed E-state index contributed by atoms with van der Waals surface area (Å²) in [4.78, 5) is 11.2. The number of aliphatic hydroxyl groups excluding tert-OH is 7. The van der Waals surface area contributed by atoms with Crippen molar-refractivity contribution in [3.63, 3.8) is 0 Å². The number of hydrogen-bond acceptors (Lipinski definition) is 14. The third-order valence-corrected chi connectivity index (χ3v) is 8.68. The van der Waals surface area contributed by atoms with Gasteiger partial charge in [0.25, 0.3) is 0 Å². The largest absolute Gasteiger partial charge is 0.463 e. The molecule has 2 aliphatic rings. The van der Waals surface area contributed by atoms with Gasteiger partial charge in [-0.15, -0.1) is 0 Å². The van der Waals surface area contributed by atoms with Crippen molar-refractivity contribution in [2.45, 2.75) is 159 Å². The summed E-state index contributed by atoms with van der Waals surface area (Å²) in [6.45, 7) is 4.77. The second kappa shape index (κ2) is 22.6. The minimum absolute atomic E-state index is 0.00249. The van der Waals surface area contributed by atoms with E-state index in [1.54, 1.807) is 0 Å². The number of rotatable bonds is 23. The van der Waals surface area contributed by atoms with Gasteiger partial charge in [-0.1, -0.05) is 78.1 Å². The Morgan fingerprint density at radius 3 is 1.98 bits per heavy atom. The zero-order valence-corrected chi connectivity index (χ0v) is 27.7. The van der Waals surface area contributed by atoms with Crippen molar-refractivity contribution in [3.05, 3.63) is 0 Å². The number of carbonyl (C=O) groups is 1. The molecule has 7 N–H and O–H groups in total. The molecule has 0 unspecified atom stereocenters. The summed E-state index contributed by atoms with van der Waals surface area (Å²) in [5, 5.41) is 72.4. The maximum Gasteiger partial charge on any atom is 0.302 e. The molecule has 12 atom stereocenters. The lowest BCUT2D eigenvalue weighted by molar-refractivity contribution is -0.361. The van der Waals surface area contributed by atoms with Crippen molar-refractivity contribution in [1.29, 1.82) is 0 Å². The molecule has 2 aliphatic heterocycles. The van der Waals surface area contributed by atoms with Gasteiger partial charge >= 0.3 is 5.97 Å². The van der Waals surface area contributed by atoms with E-state index < -0.39 is 86.7 Å². The molecule has 0 aromatic heterocycles. The standard InChI is InChI=1S/C32H60O14/c1-4-20(2)14-12-10-8-6-5-7-9-11-13-15-41-17-22(35)18-43-31-29(40)30(26(37)23(16-33)44-31)46-32-28(39)27(38)25(36)24(45-32)19-42-21(3)34/h20,22-33,35-40H,4-19H2,1-3H3/t20-,22+,23-,24-,25-,26-,27+,28-,29+,30+,31+,32-/m1/s1. The first-order chi connectivity index (χ1) is 22.0. The highest BCUT2D eigenvalue weighted by Crippen LogP contribution is 2.30. The summed E-state index contributed by atoms with van der Waals surface area (Å²) in [7, 11) is 0. The number of esters is 1. The van der Waals surface area contributed by atoms with Crippen molar-refractivity contribution < 1.29 is 69.0 Å². The van der Waals surface area contributed by atoms with Crippen molar-refractivity contribution in [3.8, 4) is 0 Å². The van der Waals surface area contributed by atoms with Crippen molar-refractivity contribution >= 4 is 5.97 Å². The van der Waals surface area contributed by atoms with Crippen molar-refractivity contribution in [2.24, 2.45) is 5.92 Å². The summed E-state index contributed by atoms with van der Waals surface area (Å²) in [5.41, 5.74) is 0. The van der Waals surface area contributed by atoms with E-state index in [0.717, 1.165) is 32.1 Å². The van der Waals surface area contributed by atoms with E-state index in [-0.39, 0.29) is 13.2 Å². The third kappa shape index (κ3) is 14.2. The summed E-state index contributed by atoms with van der Waals surface area (Å²) in [5.74, 6) is 0.171. The van der Waals surface area contributed by atoms with Crippen molar-refractivity contribution in [2.75, 3.05) is 33.0 Å². The molecule has 0 aliphatic carbocycles. The quantitative estimate of drug-likeness (QED) is 0.0584. The van der Waals surface area contributed by atoms with E-state index in [0.29, 0.717) is 6.61 Å². The van der Waals surface area contributed by atoms with Gasteiger partial charge in [0, 0.05) is 13.5 Å². The van der Waals surface area contributed by atoms with Gasteiger partial charge in [0.05, 0.1) is 19.8 Å². The Bertz CT molecular complexity index is 805. The lowest BCUT2D eigenvalue weighted by atomic mass is 9.97. The molecule has 0 radical (unpaired) electrons. The van der Waals surface area contributed by atoms with Gasteiger partial charge in [-0.25, -0.2) is 0 Å². The van der Waals surface area contributed by atoms with Gasteiger partial charge in [0.15, 0.2) is 12.6 Å². The lowest BCUT2D eigenvalue weighted by Gasteiger charge is -2.46. The first kappa shape index (κ1) is 41.2. The zero-order chi connectivity index (χ0) is 34.1. The summed E-state index contributed by atoms with van der Waals surface area (Å²) >= 11 is 0. The minimum Gasteiger partial charge on any atom is -0.463 e. The molecule has 2 rings (SSSR count). The van der Waals surface area contributed by atoms with Gasteiger partial charge in [0.2, 0.25) is 0 Å². The summed E-state index contributed by atoms with van der Waals surface area (Å²) < 4.78 is 32.5. The van der Waals surface area contributed by atoms with Crippen LogP contribution < -0.4 is 0 Å². The Kier molecular flexibility index (Phi) is 20.2. The van der Waals surface area contributed by atoms with E-state index in [1.807, 2.05) is 0 Å². The molecule has 2 heterocycles. The first-order valence-corrected chi connectivity index (χ1v) is 17.0. The van der Waals surface area contributed by atoms with Crippen LogP contribution in [0.1, 0.15) is 91.4 Å². The summed E-state index contributed by atoms with van der Waals surface area (Å²) in [6, 6.07) is 0. The molecule has 14 heteroatoms. The van der Waals surface area contributed by atoms with Crippen molar-refractivity contribution in [1.82, 2.24) is 0 Å². The molecule has 14 nitrogen and oxygen atoms in total. The van der Waals surface area contributed by atoms with E-state index in [2.05, 4.69) is 13.8 Å². The Hall–Kier alpha value is -1.01. The molecule has 0 aromatic rings. The Labute approximate surface area is 272 Å². The van der Waals surface area contributed by atoms with Crippen LogP contribution in [0.25, 0.3) is 0 Å². The van der Waals surface area contributed by atoms with Crippen LogP contribution in [0.5, 0.6) is 0 Å². The van der Waals surface area contributed by atoms with Crippen LogP contribution in [0, 0.1) is 5.92 Å². The van der Waals surface area contributed by atoms with Gasteiger partial charge in [-0.05, 0) is 12.3 Å². The number of carbonyl (C=O) groups excluding carboxylic acids is 1. The lowest BCUT2D eigenvalue weighted by Crippen LogP contribution is -2.65. The molecule has 46 heavy (non-hydrogen) atoms. The average Bonchev–Trinajstić information content (AvgIpc) is 3.03. The van der Waals surface area contributed by atoms with Crippen LogP contribution in [-0.2, 0) is 33.2 Å². The van der Waals surface area contributed by atoms with Gasteiger partial charge in [-0.3, -0.25) is 4.79 Å². The molecule has 0 saturated carbocycles. The first-order valence-electron chi connectivity index (χ1n) is 17.0. The van der Waals surface area contributed by atoms with Crippen LogP contribution in [0.2, 0.25) is 0 Å². The fourth-order valence-corrected chi connectivity index (χ4v) is 5.48. The summed E-state index contributed by atoms with van der Waals surface area (Å²) in [6.07, 6.45) is -3.34. The fourth-order valence-electron chi connectivity index (χ4n) is 5.48. The SMILES string of the molecule is CC[C@@H](C)CCCCCCCCCCCOC[C@H](O)CO[C@H]1O[C@H](CO)[C@@H](O)[C@H](O[C@H]2O[C@H](COC(C)=O)[C@@H](O)[C@H](O)[C@H]2O)[C@@H]1O. The maximum absolute atomic E-state index is 11.2. The maximum atomic E-state index is 11.2. The van der Waals surface area contributed by atoms with Crippen LogP contribution >= 0.6 is 0 Å². The topological polar surface area (TPSA) is 214 Å². The van der Waals surface area contributed by atoms with Gasteiger partial charge < -0.3 is 64.2 Å². The average molecular weight is 669 g/mol. The molecule has 0 bridgehead atoms. The Morgan fingerprint density at radius 1 is 0.761 bits per heavy atom. The highest BCUT2D eigenvalue weighted by molar-refractivity contribution is 5.65. The predicted octanol–water partition coefficient (Wildman–Crippen LogP) is 0.523. The molecule has 2 saturated heterocycles. The molecule has 272 valence electrons. The third-order valence-electron chi connectivity index (χ3n) is 8.68. The zero-order valence-electron chi connectivity index (χ0n) is 27.7. The second-order valence-electron chi connectivity index (χ2n) is 12.7. The molecular weight excluding hydrogens is 608 g/mol. The molecule has 2 fully saturated rings. The van der Waals surface area contributed by atoms with Crippen LogP contribution in [0.3, 0.4) is 0 Å². The monoisotopic (exact) mass is 668 g/mol. The van der Waals surface area contributed by atoms with Gasteiger partial charge in [0.1, 0.15) is 61.5 Å².